The summed E-state index contributed by atoms with van der Waals surface area (Å²) in [5.74, 6) is -1.38. The molecule has 2 aromatic carbocycles. The highest BCUT2D eigenvalue weighted by Gasteiger charge is 2.37. The first-order chi connectivity index (χ1) is 18.1. The van der Waals surface area contributed by atoms with E-state index in [2.05, 4.69) is 0 Å². The van der Waals surface area contributed by atoms with Gasteiger partial charge in [0.15, 0.2) is 12.4 Å². The van der Waals surface area contributed by atoms with Gasteiger partial charge in [0.25, 0.3) is 11.5 Å². The first-order valence-corrected chi connectivity index (χ1v) is 11.4. The number of nitrogens with zero attached hydrogens (tertiary/aromatic N) is 3. The molecule has 0 saturated heterocycles. The molecule has 4 aromatic rings. The van der Waals surface area contributed by atoms with Crippen molar-refractivity contribution in [3.63, 3.8) is 0 Å². The quantitative estimate of drug-likeness (QED) is 0.249. The molecule has 5 nitrogen and oxygen atoms in total. The fraction of sp³-hybridized carbons (Fsp3) is 0.222. The van der Waals surface area contributed by atoms with Crippen LogP contribution < -0.4 is 10.1 Å². The van der Waals surface area contributed by atoms with Gasteiger partial charge < -0.3 is 9.47 Å². The Kier molecular flexibility index (Phi) is 7.01. The third-order valence-corrected chi connectivity index (χ3v) is 6.23. The van der Waals surface area contributed by atoms with E-state index >= 15 is 0 Å². The topological polar surface area (TPSA) is 46.2 Å². The zero-order valence-electron chi connectivity index (χ0n) is 20.8. The standard InChI is InChI=1S/C27H21F7N3O2/c1-35-9-8-20-21(14-35)24(38)37(3)23(22(20)16-4-6-19(28)7-5-16)25(39)36(2)13-15-10-17(26(29,30)31)12-18(11-15)27(32,33)34/h4-12,14H,13H2,1-3H3/q+1. The Bertz CT molecular complexity index is 1610. The molecule has 4 rings (SSSR count). The Morgan fingerprint density at radius 1 is 0.923 bits per heavy atom. The average molecular weight is 552 g/mol. The zero-order chi connectivity index (χ0) is 28.9. The molecule has 1 amide bonds. The number of alkyl halides is 6. The van der Waals surface area contributed by atoms with E-state index in [0.717, 1.165) is 21.6 Å². The molecule has 2 heterocycles. The molecule has 0 aliphatic heterocycles. The third kappa shape index (κ3) is 5.50. The van der Waals surface area contributed by atoms with Crippen LogP contribution in [0.2, 0.25) is 0 Å². The molecule has 0 aliphatic carbocycles. The zero-order valence-corrected chi connectivity index (χ0v) is 20.8. The molecule has 39 heavy (non-hydrogen) atoms. The van der Waals surface area contributed by atoms with E-state index in [1.165, 1.54) is 26.2 Å². The number of hydrogen-bond acceptors (Lipinski definition) is 2. The van der Waals surface area contributed by atoms with Gasteiger partial charge in [-0.1, -0.05) is 12.1 Å². The van der Waals surface area contributed by atoms with Gasteiger partial charge in [-0.2, -0.15) is 26.3 Å². The van der Waals surface area contributed by atoms with Crippen molar-refractivity contribution in [2.75, 3.05) is 7.05 Å². The van der Waals surface area contributed by atoms with Crippen molar-refractivity contribution in [1.29, 1.82) is 0 Å². The smallest absolute Gasteiger partial charge is 0.336 e. The highest BCUT2D eigenvalue weighted by Crippen LogP contribution is 2.37. The maximum Gasteiger partial charge on any atom is 0.416 e. The maximum absolute atomic E-state index is 13.7. The summed E-state index contributed by atoms with van der Waals surface area (Å²) in [7, 11) is 4.21. The van der Waals surface area contributed by atoms with E-state index in [1.807, 2.05) is 0 Å². The third-order valence-electron chi connectivity index (χ3n) is 6.23. The van der Waals surface area contributed by atoms with Gasteiger partial charge in [-0.05, 0) is 41.5 Å². The van der Waals surface area contributed by atoms with Crippen LogP contribution in [0.4, 0.5) is 30.7 Å². The lowest BCUT2D eigenvalue weighted by molar-refractivity contribution is -0.670. The minimum Gasteiger partial charge on any atom is -0.336 e. The van der Waals surface area contributed by atoms with E-state index in [-0.39, 0.29) is 22.7 Å². The largest absolute Gasteiger partial charge is 0.416 e. The summed E-state index contributed by atoms with van der Waals surface area (Å²) in [4.78, 5) is 27.8. The molecule has 0 fully saturated rings. The van der Waals surface area contributed by atoms with Crippen molar-refractivity contribution in [2.45, 2.75) is 18.9 Å². The highest BCUT2D eigenvalue weighted by atomic mass is 19.4. The van der Waals surface area contributed by atoms with Crippen molar-refractivity contribution in [3.8, 4) is 11.1 Å². The molecule has 0 unspecified atom stereocenters. The molecule has 0 spiro atoms. The number of pyridine rings is 2. The van der Waals surface area contributed by atoms with Gasteiger partial charge in [-0.25, -0.2) is 8.96 Å². The molecular weight excluding hydrogens is 531 g/mol. The number of rotatable bonds is 4. The Morgan fingerprint density at radius 3 is 2.03 bits per heavy atom. The summed E-state index contributed by atoms with van der Waals surface area (Å²) in [5, 5.41) is 0.603. The normalized spacial score (nSPS) is 12.2. The summed E-state index contributed by atoms with van der Waals surface area (Å²) >= 11 is 0. The van der Waals surface area contributed by atoms with Gasteiger partial charge in [0.2, 0.25) is 0 Å². The summed E-state index contributed by atoms with van der Waals surface area (Å²) in [5.41, 5.74) is -3.52. The Balaban J connectivity index is 1.88. The van der Waals surface area contributed by atoms with E-state index in [1.54, 1.807) is 30.1 Å². The van der Waals surface area contributed by atoms with E-state index in [9.17, 15) is 40.3 Å². The minimum atomic E-state index is -5.05. The predicted octanol–water partition coefficient (Wildman–Crippen LogP) is 5.48. The molecule has 0 N–H and O–H groups in total. The fourth-order valence-corrected chi connectivity index (χ4v) is 4.36. The van der Waals surface area contributed by atoms with Gasteiger partial charge >= 0.3 is 12.4 Å². The second-order valence-electron chi connectivity index (χ2n) is 9.11. The molecule has 2 aromatic heterocycles. The molecule has 0 aliphatic rings. The summed E-state index contributed by atoms with van der Waals surface area (Å²) in [6.07, 6.45) is -6.92. The number of aryl methyl sites for hydroxylation is 1. The molecule has 0 atom stereocenters. The van der Waals surface area contributed by atoms with Gasteiger partial charge in [0.1, 0.15) is 23.9 Å². The van der Waals surface area contributed by atoms with Crippen LogP contribution in [0.1, 0.15) is 27.2 Å². The van der Waals surface area contributed by atoms with Crippen LogP contribution >= 0.6 is 0 Å². The number of halogens is 7. The number of carbonyl (C=O) groups is 1. The van der Waals surface area contributed by atoms with E-state index in [4.69, 9.17) is 0 Å². The van der Waals surface area contributed by atoms with Crippen LogP contribution in [0.15, 0.2) is 65.7 Å². The second-order valence-corrected chi connectivity index (χ2v) is 9.11. The second kappa shape index (κ2) is 9.83. The summed E-state index contributed by atoms with van der Waals surface area (Å²) in [6, 6.07) is 7.81. The predicted molar refractivity (Wildman–Crippen MR) is 128 cm³/mol. The summed E-state index contributed by atoms with van der Waals surface area (Å²) < 4.78 is 96.3. The Hall–Kier alpha value is -4.22. The molecule has 204 valence electrons. The van der Waals surface area contributed by atoms with Crippen molar-refractivity contribution < 1.29 is 40.1 Å². The first kappa shape index (κ1) is 27.8. The molecule has 0 bridgehead atoms. The first-order valence-electron chi connectivity index (χ1n) is 11.4. The fourth-order valence-electron chi connectivity index (χ4n) is 4.36. The molecule has 0 saturated carbocycles. The lowest BCUT2D eigenvalue weighted by Crippen LogP contribution is -2.35. The van der Waals surface area contributed by atoms with E-state index in [0.29, 0.717) is 23.1 Å². The van der Waals surface area contributed by atoms with Gasteiger partial charge in [-0.3, -0.25) is 9.59 Å². The van der Waals surface area contributed by atoms with Crippen LogP contribution in [0.25, 0.3) is 21.9 Å². The van der Waals surface area contributed by atoms with Crippen LogP contribution in [-0.4, -0.2) is 22.4 Å². The van der Waals surface area contributed by atoms with Gasteiger partial charge in [0, 0.05) is 37.7 Å². The monoisotopic (exact) mass is 552 g/mol. The SMILES string of the molecule is CN(Cc1cc(C(F)(F)F)cc(C(F)(F)F)c1)C(=O)c1c(-c2ccc(F)cc2)c2cc[n+](C)cc2c(=O)n1C. The van der Waals surface area contributed by atoms with Gasteiger partial charge in [-0.15, -0.1) is 0 Å². The number of aromatic nitrogens is 2. The van der Waals surface area contributed by atoms with Crippen molar-refractivity contribution in [1.82, 2.24) is 9.47 Å². The lowest BCUT2D eigenvalue weighted by atomic mass is 9.96. The molecule has 12 heteroatoms. The van der Waals surface area contributed by atoms with Crippen LogP contribution in [0, 0.1) is 5.82 Å². The number of carbonyl (C=O) groups excluding carboxylic acids is 1. The molecule has 0 radical (unpaired) electrons. The van der Waals surface area contributed by atoms with Crippen LogP contribution in [0.3, 0.4) is 0 Å². The number of amides is 1. The van der Waals surface area contributed by atoms with Crippen LogP contribution in [-0.2, 0) is 33.0 Å². The maximum atomic E-state index is 13.7. The lowest BCUT2D eigenvalue weighted by Gasteiger charge is -2.23. The Labute approximate surface area is 217 Å². The van der Waals surface area contributed by atoms with Crippen molar-refractivity contribution in [2.24, 2.45) is 14.1 Å². The average Bonchev–Trinajstić information content (AvgIpc) is 2.85. The van der Waals surface area contributed by atoms with Crippen molar-refractivity contribution in [3.05, 3.63) is 99.5 Å². The Morgan fingerprint density at radius 2 is 1.49 bits per heavy atom. The van der Waals surface area contributed by atoms with Crippen LogP contribution in [0.5, 0.6) is 0 Å². The minimum absolute atomic E-state index is 0.00496. The number of benzene rings is 2. The summed E-state index contributed by atoms with van der Waals surface area (Å²) in [6.45, 7) is -0.620. The number of fused-ring (bicyclic) bond motifs is 1. The molecular formula is C27H21F7N3O2+. The van der Waals surface area contributed by atoms with Gasteiger partial charge in [0.05, 0.1) is 11.1 Å². The number of hydrogen-bond donors (Lipinski definition) is 0. The van der Waals surface area contributed by atoms with Crippen molar-refractivity contribution >= 4 is 16.7 Å². The van der Waals surface area contributed by atoms with E-state index < -0.39 is 52.9 Å². The highest BCUT2D eigenvalue weighted by molar-refractivity contribution is 6.08.